The molecule has 2 aromatic rings. The molecule has 0 spiro atoms. The summed E-state index contributed by atoms with van der Waals surface area (Å²) >= 11 is 0. The highest BCUT2D eigenvalue weighted by atomic mass is 16.6. The molecule has 0 aliphatic carbocycles. The van der Waals surface area contributed by atoms with Crippen LogP contribution in [0.1, 0.15) is 25.5 Å². The van der Waals surface area contributed by atoms with E-state index >= 15 is 0 Å². The summed E-state index contributed by atoms with van der Waals surface area (Å²) in [5.41, 5.74) is 6.65. The Morgan fingerprint density at radius 3 is 2.92 bits per heavy atom. The Labute approximate surface area is 135 Å². The smallest absolute Gasteiger partial charge is 0.307 e. The lowest BCUT2D eigenvalue weighted by Crippen LogP contribution is -2.46. The molecule has 4 rings (SSSR count). The topological polar surface area (TPSA) is 142 Å². The zero-order valence-corrected chi connectivity index (χ0v) is 12.5. The van der Waals surface area contributed by atoms with Crippen molar-refractivity contribution >= 4 is 28.7 Å². The van der Waals surface area contributed by atoms with Crippen LogP contribution in [0.4, 0.5) is 5.82 Å². The molecule has 0 amide bonds. The monoisotopic (exact) mass is 333 g/mol. The molecule has 4 heterocycles. The number of carbonyl (C=O) groups excluding carboxylic acids is 2. The van der Waals surface area contributed by atoms with Crippen molar-refractivity contribution in [3.05, 3.63) is 12.7 Å². The molecule has 3 N–H and O–H groups in total. The second kappa shape index (κ2) is 5.49. The first-order valence-corrected chi connectivity index (χ1v) is 7.53. The summed E-state index contributed by atoms with van der Waals surface area (Å²) in [6.07, 6.45) is -0.382. The van der Waals surface area contributed by atoms with Crippen molar-refractivity contribution in [3.63, 3.8) is 0 Å². The fourth-order valence-corrected chi connectivity index (χ4v) is 3.09. The number of imidazole rings is 1. The number of ketones is 1. The van der Waals surface area contributed by atoms with E-state index in [2.05, 4.69) is 15.0 Å². The number of fused-ring (bicyclic) bond motifs is 1. The fraction of sp³-hybridized carbons (Fsp3) is 0.500. The molecule has 0 bridgehead atoms. The van der Waals surface area contributed by atoms with Crippen molar-refractivity contribution in [3.8, 4) is 0 Å². The van der Waals surface area contributed by atoms with Gasteiger partial charge in [0.15, 0.2) is 23.4 Å². The summed E-state index contributed by atoms with van der Waals surface area (Å²) in [4.78, 5) is 35.6. The van der Waals surface area contributed by atoms with E-state index in [9.17, 15) is 14.7 Å². The van der Waals surface area contributed by atoms with Gasteiger partial charge in [0.2, 0.25) is 0 Å². The number of hydrogen-bond donors (Lipinski definition) is 2. The van der Waals surface area contributed by atoms with E-state index < -0.39 is 30.5 Å². The molecule has 0 aromatic carbocycles. The number of Topliss-reactive ketones (excluding diaryl/α,β-unsaturated/α-hetero) is 1. The molecule has 1 unspecified atom stereocenters. The van der Waals surface area contributed by atoms with Gasteiger partial charge in [-0.05, 0) is 0 Å². The van der Waals surface area contributed by atoms with Crippen LogP contribution < -0.4 is 5.73 Å². The van der Waals surface area contributed by atoms with E-state index in [1.165, 1.54) is 12.7 Å². The van der Waals surface area contributed by atoms with Crippen LogP contribution in [-0.2, 0) is 19.1 Å². The molecule has 2 aromatic heterocycles. The van der Waals surface area contributed by atoms with E-state index in [1.807, 2.05) is 0 Å². The predicted octanol–water partition coefficient (Wildman–Crippen LogP) is -0.668. The van der Waals surface area contributed by atoms with Crippen LogP contribution in [0.2, 0.25) is 0 Å². The largest absolute Gasteiger partial charge is 0.451 e. The molecule has 126 valence electrons. The number of nitrogen functional groups attached to an aromatic ring is 1. The average molecular weight is 333 g/mol. The standard InChI is InChI=1S/C14H15N5O5/c15-13-10-14(17-4-16-13)19(5-18-10)8-3-7(21)12(23-8)11-6(20)1-2-9(22)24-11/h4-5,7-8,11-12,21H,1-3H2,(H2,15,16,17)/t7-,8+,11?,12-/m0/s1. The zero-order chi connectivity index (χ0) is 16.8. The maximum Gasteiger partial charge on any atom is 0.307 e. The lowest BCUT2D eigenvalue weighted by molar-refractivity contribution is -0.175. The molecule has 2 aliphatic rings. The number of cyclic esters (lactones) is 1. The number of aliphatic hydroxyl groups is 1. The number of nitrogens with two attached hydrogens (primary N) is 1. The van der Waals surface area contributed by atoms with Crippen LogP contribution in [0, 0.1) is 0 Å². The summed E-state index contributed by atoms with van der Waals surface area (Å²) in [6, 6.07) is 0. The maximum absolute atomic E-state index is 12.0. The molecule has 4 atom stereocenters. The molecule has 24 heavy (non-hydrogen) atoms. The van der Waals surface area contributed by atoms with Gasteiger partial charge in [0.1, 0.15) is 24.2 Å². The second-order valence-electron chi connectivity index (χ2n) is 5.82. The van der Waals surface area contributed by atoms with Crippen LogP contribution >= 0.6 is 0 Å². The van der Waals surface area contributed by atoms with E-state index in [0.717, 1.165) is 0 Å². The minimum Gasteiger partial charge on any atom is -0.451 e. The first-order chi connectivity index (χ1) is 11.5. The lowest BCUT2D eigenvalue weighted by Gasteiger charge is -2.27. The van der Waals surface area contributed by atoms with Crippen LogP contribution in [0.15, 0.2) is 12.7 Å². The third-order valence-electron chi connectivity index (χ3n) is 4.28. The van der Waals surface area contributed by atoms with E-state index in [4.69, 9.17) is 15.2 Å². The van der Waals surface area contributed by atoms with Crippen molar-refractivity contribution < 1.29 is 24.2 Å². The van der Waals surface area contributed by atoms with Gasteiger partial charge in [0.05, 0.1) is 18.9 Å². The normalized spacial score (nSPS) is 30.7. The maximum atomic E-state index is 12.0. The van der Waals surface area contributed by atoms with E-state index in [-0.39, 0.29) is 30.9 Å². The summed E-state index contributed by atoms with van der Waals surface area (Å²) in [6.45, 7) is 0. The number of carbonyl (C=O) groups is 2. The minimum atomic E-state index is -1.08. The van der Waals surface area contributed by atoms with Crippen LogP contribution in [0.5, 0.6) is 0 Å². The van der Waals surface area contributed by atoms with Gasteiger partial charge in [0.25, 0.3) is 0 Å². The quantitative estimate of drug-likeness (QED) is 0.684. The molecule has 2 aliphatic heterocycles. The molecule has 0 saturated carbocycles. The molecule has 2 saturated heterocycles. The molecule has 0 radical (unpaired) electrons. The van der Waals surface area contributed by atoms with Gasteiger partial charge in [-0.15, -0.1) is 0 Å². The highest BCUT2D eigenvalue weighted by molar-refractivity contribution is 5.92. The summed E-state index contributed by atoms with van der Waals surface area (Å²) in [5.74, 6) is -0.473. The Hall–Kier alpha value is -2.59. The molecule has 2 fully saturated rings. The Bertz CT molecular complexity index is 821. The molecular formula is C14H15N5O5. The van der Waals surface area contributed by atoms with Gasteiger partial charge in [-0.25, -0.2) is 15.0 Å². The fourth-order valence-electron chi connectivity index (χ4n) is 3.09. The van der Waals surface area contributed by atoms with Crippen molar-refractivity contribution in [2.45, 2.75) is 43.8 Å². The molecule has 10 nitrogen and oxygen atoms in total. The number of ether oxygens (including phenoxy) is 2. The Morgan fingerprint density at radius 1 is 1.25 bits per heavy atom. The SMILES string of the molecule is Nc1ncnc2c1ncn2[C@H]1C[C@H](O)[C@@H](C2OC(=O)CCC2=O)O1. The van der Waals surface area contributed by atoms with Crippen LogP contribution in [0.25, 0.3) is 11.2 Å². The number of hydrogen-bond acceptors (Lipinski definition) is 9. The van der Waals surface area contributed by atoms with Gasteiger partial charge in [-0.2, -0.15) is 0 Å². The zero-order valence-electron chi connectivity index (χ0n) is 12.5. The van der Waals surface area contributed by atoms with Crippen LogP contribution in [0.3, 0.4) is 0 Å². The Morgan fingerprint density at radius 2 is 2.08 bits per heavy atom. The van der Waals surface area contributed by atoms with E-state index in [0.29, 0.717) is 11.2 Å². The highest BCUT2D eigenvalue weighted by Crippen LogP contribution is 2.34. The predicted molar refractivity (Wildman–Crippen MR) is 78.4 cm³/mol. The van der Waals surface area contributed by atoms with Gasteiger partial charge in [-0.1, -0.05) is 0 Å². The Balaban J connectivity index is 1.61. The first kappa shape index (κ1) is 15.0. The van der Waals surface area contributed by atoms with Crippen molar-refractivity contribution in [1.82, 2.24) is 19.5 Å². The Kier molecular flexibility index (Phi) is 3.43. The highest BCUT2D eigenvalue weighted by Gasteiger charge is 2.46. The van der Waals surface area contributed by atoms with Gasteiger partial charge in [0, 0.05) is 12.8 Å². The number of aromatic nitrogens is 4. The van der Waals surface area contributed by atoms with Gasteiger partial charge in [-0.3, -0.25) is 14.2 Å². The number of rotatable bonds is 2. The summed E-state index contributed by atoms with van der Waals surface area (Å²) in [7, 11) is 0. The first-order valence-electron chi connectivity index (χ1n) is 7.53. The minimum absolute atomic E-state index is 0.0595. The third kappa shape index (κ3) is 2.31. The van der Waals surface area contributed by atoms with E-state index in [1.54, 1.807) is 4.57 Å². The molecular weight excluding hydrogens is 318 g/mol. The number of anilines is 1. The third-order valence-corrected chi connectivity index (χ3v) is 4.28. The van der Waals surface area contributed by atoms with Gasteiger partial charge < -0.3 is 20.3 Å². The summed E-state index contributed by atoms with van der Waals surface area (Å²) in [5, 5.41) is 10.3. The number of esters is 1. The van der Waals surface area contributed by atoms with Gasteiger partial charge >= 0.3 is 5.97 Å². The number of nitrogens with zero attached hydrogens (tertiary/aromatic N) is 4. The molecule has 10 heteroatoms. The van der Waals surface area contributed by atoms with Crippen molar-refractivity contribution in [1.29, 1.82) is 0 Å². The summed E-state index contributed by atoms with van der Waals surface area (Å²) < 4.78 is 12.5. The second-order valence-corrected chi connectivity index (χ2v) is 5.82. The van der Waals surface area contributed by atoms with Crippen molar-refractivity contribution in [2.75, 3.05) is 5.73 Å². The average Bonchev–Trinajstić information content (AvgIpc) is 3.14. The number of aliphatic hydroxyl groups excluding tert-OH is 1. The van der Waals surface area contributed by atoms with Crippen molar-refractivity contribution in [2.24, 2.45) is 0 Å². The van der Waals surface area contributed by atoms with Crippen LogP contribution in [-0.4, -0.2) is 54.7 Å². The lowest BCUT2D eigenvalue weighted by atomic mass is 9.99.